The maximum atomic E-state index is 12.0. The second-order valence-corrected chi connectivity index (χ2v) is 4.31. The van der Waals surface area contributed by atoms with Crippen LogP contribution in [0.1, 0.15) is 29.9 Å². The van der Waals surface area contributed by atoms with Gasteiger partial charge in [0.2, 0.25) is 0 Å². The van der Waals surface area contributed by atoms with E-state index in [9.17, 15) is 4.79 Å². The van der Waals surface area contributed by atoms with Crippen molar-refractivity contribution in [3.05, 3.63) is 59.9 Å². The normalized spacial score (nSPS) is 11.0. The molecule has 0 unspecified atom stereocenters. The number of carbonyl (C=O) groups excluding carboxylic acids is 1. The summed E-state index contributed by atoms with van der Waals surface area (Å²) >= 11 is 0. The predicted molar refractivity (Wildman–Crippen MR) is 81.5 cm³/mol. The summed E-state index contributed by atoms with van der Waals surface area (Å²) in [4.78, 5) is 16.1. The Hall–Kier alpha value is -2.69. The number of nitrogens with one attached hydrogen (secondary N) is 1. The fourth-order valence-corrected chi connectivity index (χ4v) is 1.70. The molecule has 0 fully saturated rings. The Morgan fingerprint density at radius 1 is 1.24 bits per heavy atom. The van der Waals surface area contributed by atoms with Gasteiger partial charge in [0.1, 0.15) is 5.75 Å². The number of hydrazone groups is 1. The number of benzene rings is 1. The average molecular weight is 283 g/mol. The first kappa shape index (κ1) is 14.7. The van der Waals surface area contributed by atoms with Crippen LogP contribution >= 0.6 is 0 Å². The Morgan fingerprint density at radius 2 is 2.00 bits per heavy atom. The van der Waals surface area contributed by atoms with Gasteiger partial charge >= 0.3 is 0 Å². The van der Waals surface area contributed by atoms with Crippen molar-refractivity contribution in [2.75, 3.05) is 6.61 Å². The molecule has 0 atom stereocenters. The summed E-state index contributed by atoms with van der Waals surface area (Å²) in [6.45, 7) is 4.30. The first-order valence-electron chi connectivity index (χ1n) is 6.69. The van der Waals surface area contributed by atoms with Crippen molar-refractivity contribution in [1.29, 1.82) is 0 Å². The van der Waals surface area contributed by atoms with Gasteiger partial charge in [-0.2, -0.15) is 5.10 Å². The van der Waals surface area contributed by atoms with E-state index in [0.717, 1.165) is 11.4 Å². The zero-order valence-corrected chi connectivity index (χ0v) is 12.0. The summed E-state index contributed by atoms with van der Waals surface area (Å²) in [5.41, 5.74) is 4.42. The van der Waals surface area contributed by atoms with Gasteiger partial charge in [-0.15, -0.1) is 0 Å². The lowest BCUT2D eigenvalue weighted by Gasteiger charge is -2.05. The molecule has 0 saturated carbocycles. The molecule has 1 heterocycles. The van der Waals surface area contributed by atoms with E-state index in [1.807, 2.05) is 25.1 Å². The molecule has 0 radical (unpaired) electrons. The lowest BCUT2D eigenvalue weighted by Crippen LogP contribution is -2.19. The number of carbonyl (C=O) groups is 1. The van der Waals surface area contributed by atoms with Crippen LogP contribution < -0.4 is 10.2 Å². The highest BCUT2D eigenvalue weighted by molar-refractivity contribution is 5.99. The minimum atomic E-state index is -0.270. The number of hydrogen-bond donors (Lipinski definition) is 1. The maximum Gasteiger partial charge on any atom is 0.271 e. The lowest BCUT2D eigenvalue weighted by molar-refractivity contribution is 0.0955. The molecule has 0 spiro atoms. The molecule has 0 aliphatic rings. The second kappa shape index (κ2) is 7.19. The number of amides is 1. The highest BCUT2D eigenvalue weighted by Gasteiger charge is 2.05. The van der Waals surface area contributed by atoms with Gasteiger partial charge < -0.3 is 4.74 Å². The molecule has 2 aromatic rings. The average Bonchev–Trinajstić information content (AvgIpc) is 2.54. The van der Waals surface area contributed by atoms with Gasteiger partial charge in [-0.3, -0.25) is 9.78 Å². The minimum absolute atomic E-state index is 0.270. The molecular weight excluding hydrogens is 266 g/mol. The lowest BCUT2D eigenvalue weighted by atomic mass is 10.2. The molecule has 0 bridgehead atoms. The number of hydrogen-bond acceptors (Lipinski definition) is 4. The molecule has 1 N–H and O–H groups in total. The highest BCUT2D eigenvalue weighted by Crippen LogP contribution is 2.11. The third kappa shape index (κ3) is 4.14. The number of nitrogens with zero attached hydrogens (tertiary/aromatic N) is 2. The van der Waals surface area contributed by atoms with Crippen LogP contribution in [0.15, 0.2) is 53.8 Å². The quantitative estimate of drug-likeness (QED) is 0.677. The van der Waals surface area contributed by atoms with E-state index in [0.29, 0.717) is 17.9 Å². The van der Waals surface area contributed by atoms with E-state index in [1.54, 1.807) is 37.4 Å². The van der Waals surface area contributed by atoms with Gasteiger partial charge in [-0.1, -0.05) is 6.07 Å². The fraction of sp³-hybridized carbons (Fsp3) is 0.188. The van der Waals surface area contributed by atoms with E-state index in [-0.39, 0.29) is 5.91 Å². The number of pyridine rings is 1. The Morgan fingerprint density at radius 3 is 2.62 bits per heavy atom. The van der Waals surface area contributed by atoms with Crippen LogP contribution in [0.5, 0.6) is 5.75 Å². The minimum Gasteiger partial charge on any atom is -0.494 e. The van der Waals surface area contributed by atoms with Crippen LogP contribution in [0.25, 0.3) is 0 Å². The third-order valence-electron chi connectivity index (χ3n) is 2.79. The van der Waals surface area contributed by atoms with Gasteiger partial charge in [0.15, 0.2) is 0 Å². The summed E-state index contributed by atoms with van der Waals surface area (Å²) < 4.78 is 5.33. The first-order valence-corrected chi connectivity index (χ1v) is 6.69. The molecule has 1 aromatic carbocycles. The number of rotatable bonds is 5. The standard InChI is InChI=1S/C16H17N3O2/c1-3-21-14-9-7-13(8-10-14)16(20)19-18-12(2)15-6-4-5-11-17-15/h4-11H,3H2,1-2H3,(H,19,20)/b18-12+. The predicted octanol–water partition coefficient (Wildman–Crippen LogP) is 2.63. The smallest absolute Gasteiger partial charge is 0.271 e. The Bertz CT molecular complexity index is 622. The molecule has 5 nitrogen and oxygen atoms in total. The molecule has 0 aliphatic carbocycles. The fourth-order valence-electron chi connectivity index (χ4n) is 1.70. The number of ether oxygens (including phenoxy) is 1. The molecular formula is C16H17N3O2. The largest absolute Gasteiger partial charge is 0.494 e. The molecule has 2 rings (SSSR count). The van der Waals surface area contributed by atoms with E-state index < -0.39 is 0 Å². The zero-order chi connectivity index (χ0) is 15.1. The summed E-state index contributed by atoms with van der Waals surface area (Å²) in [6, 6.07) is 12.5. The Balaban J connectivity index is 2.01. The summed E-state index contributed by atoms with van der Waals surface area (Å²) in [5.74, 6) is 0.468. The van der Waals surface area contributed by atoms with Crippen molar-refractivity contribution >= 4 is 11.6 Å². The summed E-state index contributed by atoms with van der Waals surface area (Å²) in [6.07, 6.45) is 1.68. The molecule has 108 valence electrons. The SMILES string of the molecule is CCOc1ccc(C(=O)N/N=C(\C)c2ccccn2)cc1. The molecule has 1 aromatic heterocycles. The van der Waals surface area contributed by atoms with Gasteiger partial charge in [-0.05, 0) is 50.2 Å². The summed E-state index contributed by atoms with van der Waals surface area (Å²) in [7, 11) is 0. The van der Waals surface area contributed by atoms with Gasteiger partial charge in [-0.25, -0.2) is 5.43 Å². The topological polar surface area (TPSA) is 63.6 Å². The van der Waals surface area contributed by atoms with Crippen molar-refractivity contribution in [2.45, 2.75) is 13.8 Å². The highest BCUT2D eigenvalue weighted by atomic mass is 16.5. The molecule has 0 aliphatic heterocycles. The van der Waals surface area contributed by atoms with Crippen LogP contribution in [0.3, 0.4) is 0 Å². The monoisotopic (exact) mass is 283 g/mol. The van der Waals surface area contributed by atoms with Crippen LogP contribution in [-0.2, 0) is 0 Å². The Labute approximate surface area is 123 Å². The third-order valence-corrected chi connectivity index (χ3v) is 2.79. The van der Waals surface area contributed by atoms with Crippen LogP contribution in [0.2, 0.25) is 0 Å². The van der Waals surface area contributed by atoms with Crippen molar-refractivity contribution < 1.29 is 9.53 Å². The van der Waals surface area contributed by atoms with Gasteiger partial charge in [0, 0.05) is 11.8 Å². The van der Waals surface area contributed by atoms with Crippen molar-refractivity contribution in [1.82, 2.24) is 10.4 Å². The van der Waals surface area contributed by atoms with Crippen molar-refractivity contribution in [2.24, 2.45) is 5.10 Å². The first-order chi connectivity index (χ1) is 10.2. The van der Waals surface area contributed by atoms with E-state index in [1.165, 1.54) is 0 Å². The van der Waals surface area contributed by atoms with Crippen LogP contribution in [-0.4, -0.2) is 23.2 Å². The van der Waals surface area contributed by atoms with Crippen molar-refractivity contribution in [3.63, 3.8) is 0 Å². The Kier molecular flexibility index (Phi) is 5.04. The van der Waals surface area contributed by atoms with Crippen LogP contribution in [0, 0.1) is 0 Å². The van der Waals surface area contributed by atoms with E-state index >= 15 is 0 Å². The molecule has 5 heteroatoms. The second-order valence-electron chi connectivity index (χ2n) is 4.31. The molecule has 21 heavy (non-hydrogen) atoms. The van der Waals surface area contributed by atoms with Gasteiger partial charge in [0.25, 0.3) is 5.91 Å². The molecule has 0 saturated heterocycles. The van der Waals surface area contributed by atoms with Crippen molar-refractivity contribution in [3.8, 4) is 5.75 Å². The maximum absolute atomic E-state index is 12.0. The van der Waals surface area contributed by atoms with E-state index in [2.05, 4.69) is 15.5 Å². The molecule has 1 amide bonds. The number of aromatic nitrogens is 1. The summed E-state index contributed by atoms with van der Waals surface area (Å²) in [5, 5.41) is 4.05. The zero-order valence-electron chi connectivity index (χ0n) is 12.0. The van der Waals surface area contributed by atoms with Crippen LogP contribution in [0.4, 0.5) is 0 Å². The van der Waals surface area contributed by atoms with Gasteiger partial charge in [0.05, 0.1) is 18.0 Å². The van der Waals surface area contributed by atoms with E-state index in [4.69, 9.17) is 4.74 Å².